The highest BCUT2D eigenvalue weighted by Crippen LogP contribution is 2.35. The van der Waals surface area contributed by atoms with E-state index in [0.717, 1.165) is 40.6 Å². The molecular formula is C41H47IN8O6. The van der Waals surface area contributed by atoms with Crippen molar-refractivity contribution in [1.82, 2.24) is 25.0 Å². The fraction of sp³-hybridized carbons (Fsp3) is 0.341. The van der Waals surface area contributed by atoms with Gasteiger partial charge in [0.15, 0.2) is 0 Å². The first kappa shape index (κ1) is 40.4. The number of fused-ring (bicyclic) bond motifs is 1. The molecule has 15 heteroatoms. The van der Waals surface area contributed by atoms with Gasteiger partial charge in [-0.25, -0.2) is 19.3 Å². The van der Waals surface area contributed by atoms with E-state index in [1.807, 2.05) is 61.5 Å². The van der Waals surface area contributed by atoms with Crippen molar-refractivity contribution in [3.8, 4) is 17.2 Å². The van der Waals surface area contributed by atoms with Crippen molar-refractivity contribution >= 4 is 68.7 Å². The van der Waals surface area contributed by atoms with Crippen molar-refractivity contribution < 1.29 is 28.6 Å². The minimum Gasteiger partial charge on any atom is -0.457 e. The second-order valence-electron chi connectivity index (χ2n) is 13.5. The van der Waals surface area contributed by atoms with Crippen LogP contribution in [0.25, 0.3) is 16.5 Å². The molecule has 3 aromatic carbocycles. The molecule has 1 unspecified atom stereocenters. The Kier molecular flexibility index (Phi) is 14.1. The van der Waals surface area contributed by atoms with Gasteiger partial charge < -0.3 is 29.7 Å². The van der Waals surface area contributed by atoms with E-state index in [1.165, 1.54) is 0 Å². The van der Waals surface area contributed by atoms with E-state index in [0.29, 0.717) is 68.0 Å². The zero-order valence-corrected chi connectivity index (χ0v) is 33.9. The van der Waals surface area contributed by atoms with Crippen molar-refractivity contribution in [2.45, 2.75) is 49.5 Å². The molecule has 2 aromatic heterocycles. The molecule has 0 radical (unpaired) electrons. The van der Waals surface area contributed by atoms with Crippen LogP contribution in [0.1, 0.15) is 47.8 Å². The lowest BCUT2D eigenvalue weighted by molar-refractivity contribution is -0.137. The van der Waals surface area contributed by atoms with Gasteiger partial charge in [0, 0.05) is 55.3 Å². The number of halogens is 1. The maximum Gasteiger partial charge on any atom is 0.324 e. The molecule has 5 aromatic rings. The quantitative estimate of drug-likeness (QED) is 0.0465. The molecule has 0 aliphatic carbocycles. The van der Waals surface area contributed by atoms with E-state index in [-0.39, 0.29) is 22.5 Å². The van der Waals surface area contributed by atoms with E-state index < -0.39 is 12.1 Å². The fourth-order valence-corrected chi connectivity index (χ4v) is 7.27. The van der Waals surface area contributed by atoms with Crippen LogP contribution in [0.4, 0.5) is 26.9 Å². The number of amides is 5. The van der Waals surface area contributed by atoms with Gasteiger partial charge in [0.1, 0.15) is 29.7 Å². The number of alkyl halides is 1. The van der Waals surface area contributed by atoms with Crippen LogP contribution in [0.5, 0.6) is 11.5 Å². The number of piperidine rings is 1. The van der Waals surface area contributed by atoms with Gasteiger partial charge in [-0.1, -0.05) is 77.9 Å². The van der Waals surface area contributed by atoms with Crippen molar-refractivity contribution in [2.75, 3.05) is 56.0 Å². The summed E-state index contributed by atoms with van der Waals surface area (Å²) in [7, 11) is 1.58. The number of nitrogens with zero attached hydrogens (tertiary/aromatic N) is 4. The summed E-state index contributed by atoms with van der Waals surface area (Å²) >= 11 is 2.40. The Labute approximate surface area is 339 Å². The minimum atomic E-state index is -0.408. The highest BCUT2D eigenvalue weighted by molar-refractivity contribution is 14.1. The monoisotopic (exact) mass is 874 g/mol. The number of ether oxygens (including phenoxy) is 3. The third-order valence-electron chi connectivity index (χ3n) is 9.28. The first-order valence-corrected chi connectivity index (χ1v) is 19.9. The van der Waals surface area contributed by atoms with Crippen molar-refractivity contribution in [2.24, 2.45) is 0 Å². The van der Waals surface area contributed by atoms with Crippen LogP contribution in [0.2, 0.25) is 0 Å². The van der Waals surface area contributed by atoms with Gasteiger partial charge in [0.2, 0.25) is 5.91 Å². The van der Waals surface area contributed by atoms with Crippen molar-refractivity contribution in [1.29, 1.82) is 0 Å². The summed E-state index contributed by atoms with van der Waals surface area (Å²) in [5.74, 6) is 1.84. The van der Waals surface area contributed by atoms with Crippen LogP contribution in [-0.4, -0.2) is 83.7 Å². The number of urea groups is 2. The maximum absolute atomic E-state index is 13.5. The molecule has 4 N–H and O–H groups in total. The first-order valence-electron chi connectivity index (χ1n) is 18.7. The Morgan fingerprint density at radius 2 is 1.68 bits per heavy atom. The van der Waals surface area contributed by atoms with Gasteiger partial charge in [0.05, 0.1) is 34.2 Å². The number of hydrogen-bond acceptors (Lipinski definition) is 8. The Morgan fingerprint density at radius 1 is 0.911 bits per heavy atom. The van der Waals surface area contributed by atoms with E-state index in [1.54, 1.807) is 47.2 Å². The van der Waals surface area contributed by atoms with Gasteiger partial charge in [-0.15, -0.1) is 0 Å². The predicted molar refractivity (Wildman–Crippen MR) is 225 cm³/mol. The van der Waals surface area contributed by atoms with Crippen LogP contribution < -0.4 is 26.0 Å². The number of carbonyl (C=O) groups excluding carboxylic acids is 3. The number of methoxy groups -OCH3 is 1. The smallest absolute Gasteiger partial charge is 0.324 e. The standard InChI is InChI=1S/C41H47IN8O6/c1-4-7-33(42)35-25-38(50(48-35)29-12-10-27(2)11-13-29)47-41(53)45-34-14-15-36(32-9-6-5-8-31(32)34)56-30-16-19-43-37(24-30)46-40(52)44-28-17-20-49(21-18-28)39(51)26-55-23-22-54-3/h5-6,8-16,19,24-25,28,33H,4,7,17-18,20-23,26H2,1-3H3,(H2,45,47,53)(H2,43,44,46,52). The number of benzene rings is 3. The number of hydrogen-bond donors (Lipinski definition) is 4. The summed E-state index contributed by atoms with van der Waals surface area (Å²) in [6.45, 7) is 6.06. The lowest BCUT2D eigenvalue weighted by Crippen LogP contribution is -2.48. The summed E-state index contributed by atoms with van der Waals surface area (Å²) in [6.07, 6.45) is 4.82. The van der Waals surface area contributed by atoms with Crippen molar-refractivity contribution in [3.05, 3.63) is 96.3 Å². The Balaban J connectivity index is 1.08. The zero-order valence-electron chi connectivity index (χ0n) is 31.7. The van der Waals surface area contributed by atoms with Crippen LogP contribution in [-0.2, 0) is 14.3 Å². The molecular weight excluding hydrogens is 827 g/mol. The number of likely N-dealkylation sites (tertiary alicyclic amines) is 1. The normalized spacial score (nSPS) is 13.6. The Bertz CT molecular complexity index is 2120. The third kappa shape index (κ3) is 10.7. The SMILES string of the molecule is CCCC(I)c1cc(NC(=O)Nc2ccc(Oc3ccnc(NC(=O)NC4CCN(C(=O)COCCOC)CC4)c3)c3ccccc23)n(-c2ccc(C)cc2)n1. The molecule has 5 amide bonds. The van der Waals surface area contributed by atoms with Crippen LogP contribution in [0, 0.1) is 6.92 Å². The molecule has 6 rings (SSSR count). The summed E-state index contributed by atoms with van der Waals surface area (Å²) in [5, 5.41) is 18.2. The van der Waals surface area contributed by atoms with E-state index >= 15 is 0 Å². The average Bonchev–Trinajstić information content (AvgIpc) is 3.61. The largest absolute Gasteiger partial charge is 0.457 e. The second-order valence-corrected chi connectivity index (χ2v) is 15.0. The lowest BCUT2D eigenvalue weighted by atomic mass is 10.1. The number of aromatic nitrogens is 3. The lowest BCUT2D eigenvalue weighted by Gasteiger charge is -2.32. The molecule has 1 aliphatic rings. The number of rotatable bonds is 15. The van der Waals surface area contributed by atoms with Gasteiger partial charge in [-0.3, -0.25) is 15.4 Å². The fourth-order valence-electron chi connectivity index (χ4n) is 6.34. The van der Waals surface area contributed by atoms with Crippen LogP contribution >= 0.6 is 22.6 Å². The van der Waals surface area contributed by atoms with Crippen LogP contribution in [0.3, 0.4) is 0 Å². The average molecular weight is 875 g/mol. The van der Waals surface area contributed by atoms with E-state index in [9.17, 15) is 14.4 Å². The Morgan fingerprint density at radius 3 is 2.43 bits per heavy atom. The molecule has 56 heavy (non-hydrogen) atoms. The minimum absolute atomic E-state index is 0.0162. The topological polar surface area (TPSA) is 161 Å². The molecule has 1 saturated heterocycles. The molecule has 294 valence electrons. The highest BCUT2D eigenvalue weighted by Gasteiger charge is 2.24. The highest BCUT2D eigenvalue weighted by atomic mass is 127. The van der Waals surface area contributed by atoms with Gasteiger partial charge in [-0.05, 0) is 56.5 Å². The van der Waals surface area contributed by atoms with E-state index in [4.69, 9.17) is 19.3 Å². The van der Waals surface area contributed by atoms with Crippen LogP contribution in [0.15, 0.2) is 85.1 Å². The predicted octanol–water partition coefficient (Wildman–Crippen LogP) is 8.22. The zero-order chi connectivity index (χ0) is 39.4. The van der Waals surface area contributed by atoms with Gasteiger partial charge in [0.25, 0.3) is 0 Å². The second kappa shape index (κ2) is 19.6. The molecule has 1 atom stereocenters. The van der Waals surface area contributed by atoms with Gasteiger partial charge in [-0.2, -0.15) is 5.10 Å². The van der Waals surface area contributed by atoms with Gasteiger partial charge >= 0.3 is 12.1 Å². The summed E-state index contributed by atoms with van der Waals surface area (Å²) < 4.78 is 18.6. The molecule has 1 fully saturated rings. The van der Waals surface area contributed by atoms with E-state index in [2.05, 4.69) is 55.8 Å². The molecule has 3 heterocycles. The number of nitrogens with one attached hydrogen (secondary N) is 4. The summed E-state index contributed by atoms with van der Waals surface area (Å²) in [6, 6.07) is 23.6. The Hall–Kier alpha value is -5.26. The number of anilines is 3. The number of carbonyl (C=O) groups is 3. The molecule has 14 nitrogen and oxygen atoms in total. The van der Waals surface area contributed by atoms with Crippen molar-refractivity contribution in [3.63, 3.8) is 0 Å². The maximum atomic E-state index is 13.5. The molecule has 1 aliphatic heterocycles. The number of aryl methyl sites for hydroxylation is 1. The summed E-state index contributed by atoms with van der Waals surface area (Å²) in [5.41, 5.74) is 3.49. The number of pyridine rings is 1. The summed E-state index contributed by atoms with van der Waals surface area (Å²) in [4.78, 5) is 44.9. The third-order valence-corrected chi connectivity index (χ3v) is 10.5. The molecule has 0 spiro atoms. The first-order chi connectivity index (χ1) is 27.2. The molecule has 0 bridgehead atoms. The molecule has 0 saturated carbocycles.